The molecule has 0 aliphatic carbocycles. The van der Waals surface area contributed by atoms with Gasteiger partial charge in [-0.2, -0.15) is 0 Å². The molecule has 1 fully saturated rings. The van der Waals surface area contributed by atoms with Gasteiger partial charge < -0.3 is 15.3 Å². The molecule has 0 spiro atoms. The molecular weight excluding hydrogens is 326 g/mol. The highest BCUT2D eigenvalue weighted by Crippen LogP contribution is 2.38. The number of carbonyl (C=O) groups excluding carboxylic acids is 1. The molecule has 110 valence electrons. The van der Waals surface area contributed by atoms with Gasteiger partial charge in [0.1, 0.15) is 5.70 Å². The lowest BCUT2D eigenvalue weighted by atomic mass is 10.3. The fraction of sp³-hybridized carbons (Fsp3) is 0.231. The quantitative estimate of drug-likeness (QED) is 0.585. The van der Waals surface area contributed by atoms with E-state index in [1.807, 2.05) is 18.0 Å². The minimum absolute atomic E-state index is 0.139. The number of thiocarbonyl (C=S) groups is 1. The Morgan fingerprint density at radius 2 is 2.10 bits per heavy atom. The van der Waals surface area contributed by atoms with Crippen molar-refractivity contribution in [2.24, 2.45) is 0 Å². The first-order valence-electron chi connectivity index (χ1n) is 6.26. The summed E-state index contributed by atoms with van der Waals surface area (Å²) in [6.45, 7) is 0.756. The van der Waals surface area contributed by atoms with Gasteiger partial charge in [-0.15, -0.1) is 22.7 Å². The first-order valence-corrected chi connectivity index (χ1v) is 8.30. The van der Waals surface area contributed by atoms with Crippen molar-refractivity contribution in [2.75, 3.05) is 25.1 Å². The number of hydrogen-bond acceptors (Lipinski definition) is 6. The average molecular weight is 339 g/mol. The van der Waals surface area contributed by atoms with Gasteiger partial charge in [0.05, 0.1) is 11.6 Å². The molecule has 3 rings (SSSR count). The molecule has 0 bridgehead atoms. The number of rotatable bonds is 4. The van der Waals surface area contributed by atoms with Gasteiger partial charge in [-0.05, 0) is 30.4 Å². The van der Waals surface area contributed by atoms with Crippen LogP contribution in [0.3, 0.4) is 0 Å². The second-order valence-corrected chi connectivity index (χ2v) is 7.16. The van der Waals surface area contributed by atoms with Crippen molar-refractivity contribution in [1.82, 2.24) is 10.6 Å². The number of aliphatic hydroxyl groups is 1. The predicted octanol–water partition coefficient (Wildman–Crippen LogP) is 1.74. The lowest BCUT2D eigenvalue weighted by molar-refractivity contribution is -0.115. The molecule has 0 saturated carbocycles. The fourth-order valence-electron chi connectivity index (χ4n) is 1.99. The van der Waals surface area contributed by atoms with Crippen molar-refractivity contribution in [3.05, 3.63) is 22.7 Å². The van der Waals surface area contributed by atoms with Crippen molar-refractivity contribution in [3.8, 4) is 0 Å². The standard InChI is InChI=1S/C13H13N3O2S3/c1-16(2-3-17)11-6-10-9(21-11)5-7(20-10)4-8-12(18)15-13(19)14-8/h4-6,17H,2-3H2,1H3,(H2,14,15,18,19)/b8-4-. The highest BCUT2D eigenvalue weighted by Gasteiger charge is 2.20. The molecule has 1 saturated heterocycles. The lowest BCUT2D eigenvalue weighted by Gasteiger charge is -2.14. The minimum Gasteiger partial charge on any atom is -0.395 e. The number of anilines is 1. The zero-order valence-electron chi connectivity index (χ0n) is 11.2. The Hall–Kier alpha value is -1.48. The van der Waals surface area contributed by atoms with Crippen LogP contribution in [0.25, 0.3) is 15.5 Å². The highest BCUT2D eigenvalue weighted by atomic mass is 32.1. The van der Waals surface area contributed by atoms with Crippen LogP contribution in [0.2, 0.25) is 0 Å². The third kappa shape index (κ3) is 2.93. The average Bonchev–Trinajstić information content (AvgIpc) is 3.04. The van der Waals surface area contributed by atoms with Gasteiger partial charge >= 0.3 is 0 Å². The second-order valence-electron chi connectivity index (χ2n) is 4.57. The van der Waals surface area contributed by atoms with Crippen molar-refractivity contribution >= 4 is 66.4 Å². The Bertz CT molecular complexity index is 716. The van der Waals surface area contributed by atoms with E-state index in [1.165, 1.54) is 9.40 Å². The van der Waals surface area contributed by atoms with Crippen LogP contribution < -0.4 is 15.5 Å². The van der Waals surface area contributed by atoms with Crippen LogP contribution in [-0.2, 0) is 4.79 Å². The number of thiophene rings is 2. The van der Waals surface area contributed by atoms with E-state index >= 15 is 0 Å². The number of likely N-dealkylation sites (N-methyl/N-ethyl adjacent to an activating group) is 1. The maximum atomic E-state index is 11.6. The van der Waals surface area contributed by atoms with Gasteiger partial charge in [0, 0.05) is 27.9 Å². The zero-order valence-corrected chi connectivity index (χ0v) is 13.6. The monoisotopic (exact) mass is 339 g/mol. The zero-order chi connectivity index (χ0) is 15.0. The molecule has 2 aromatic rings. The summed E-state index contributed by atoms with van der Waals surface area (Å²) in [6.07, 6.45) is 1.81. The minimum atomic E-state index is -0.194. The van der Waals surface area contributed by atoms with Gasteiger partial charge in [0.15, 0.2) is 5.11 Å². The van der Waals surface area contributed by atoms with Crippen LogP contribution >= 0.6 is 34.9 Å². The highest BCUT2D eigenvalue weighted by molar-refractivity contribution is 7.80. The van der Waals surface area contributed by atoms with Crippen LogP contribution in [0.5, 0.6) is 0 Å². The second kappa shape index (κ2) is 5.72. The normalized spacial score (nSPS) is 16.6. The Morgan fingerprint density at radius 3 is 2.71 bits per heavy atom. The van der Waals surface area contributed by atoms with Gasteiger partial charge in [-0.3, -0.25) is 10.1 Å². The van der Waals surface area contributed by atoms with Gasteiger partial charge in [0.2, 0.25) is 0 Å². The van der Waals surface area contributed by atoms with E-state index in [1.54, 1.807) is 22.7 Å². The van der Waals surface area contributed by atoms with Gasteiger partial charge in [-0.25, -0.2) is 0 Å². The third-order valence-electron chi connectivity index (χ3n) is 3.03. The summed E-state index contributed by atoms with van der Waals surface area (Å²) in [5, 5.41) is 15.8. The Balaban J connectivity index is 1.86. The number of amides is 1. The molecule has 3 N–H and O–H groups in total. The van der Waals surface area contributed by atoms with Crippen LogP contribution in [0, 0.1) is 0 Å². The molecule has 5 nitrogen and oxygen atoms in total. The van der Waals surface area contributed by atoms with E-state index < -0.39 is 0 Å². The summed E-state index contributed by atoms with van der Waals surface area (Å²) >= 11 is 8.20. The molecule has 2 aromatic heterocycles. The summed E-state index contributed by atoms with van der Waals surface area (Å²) in [4.78, 5) is 14.6. The van der Waals surface area contributed by atoms with Gasteiger partial charge in [0.25, 0.3) is 5.91 Å². The number of aliphatic hydroxyl groups excluding tert-OH is 1. The van der Waals surface area contributed by atoms with Crippen molar-refractivity contribution in [3.63, 3.8) is 0 Å². The topological polar surface area (TPSA) is 64.6 Å². The fourth-order valence-corrected chi connectivity index (χ4v) is 4.52. The van der Waals surface area contributed by atoms with E-state index in [-0.39, 0.29) is 12.5 Å². The lowest BCUT2D eigenvalue weighted by Crippen LogP contribution is -2.21. The van der Waals surface area contributed by atoms with E-state index in [0.29, 0.717) is 17.4 Å². The number of nitrogens with zero attached hydrogens (tertiary/aromatic N) is 1. The first kappa shape index (κ1) is 14.5. The summed E-state index contributed by atoms with van der Waals surface area (Å²) in [5.74, 6) is -0.194. The van der Waals surface area contributed by atoms with Crippen molar-refractivity contribution < 1.29 is 9.90 Å². The van der Waals surface area contributed by atoms with E-state index in [0.717, 1.165) is 9.88 Å². The largest absolute Gasteiger partial charge is 0.395 e. The van der Waals surface area contributed by atoms with Crippen molar-refractivity contribution in [1.29, 1.82) is 0 Å². The molecule has 0 atom stereocenters. The van der Waals surface area contributed by atoms with E-state index in [4.69, 9.17) is 17.3 Å². The molecule has 1 amide bonds. The van der Waals surface area contributed by atoms with E-state index in [2.05, 4.69) is 22.8 Å². The molecular formula is C13H13N3O2S3. The Kier molecular flexibility index (Phi) is 3.94. The summed E-state index contributed by atoms with van der Waals surface area (Å²) in [6, 6.07) is 4.17. The molecule has 1 aliphatic heterocycles. The number of fused-ring (bicyclic) bond motifs is 1. The molecule has 8 heteroatoms. The predicted molar refractivity (Wildman–Crippen MR) is 91.9 cm³/mol. The molecule has 3 heterocycles. The summed E-state index contributed by atoms with van der Waals surface area (Å²) < 4.78 is 2.35. The SMILES string of the molecule is CN(CCO)c1cc2sc(/C=C3\NC(=S)NC3=O)cc2s1. The van der Waals surface area contributed by atoms with Crippen LogP contribution in [0.15, 0.2) is 17.8 Å². The Labute approximate surface area is 134 Å². The smallest absolute Gasteiger partial charge is 0.273 e. The first-order chi connectivity index (χ1) is 10.1. The summed E-state index contributed by atoms with van der Waals surface area (Å²) in [7, 11) is 1.96. The summed E-state index contributed by atoms with van der Waals surface area (Å²) in [5.41, 5.74) is 0.478. The molecule has 21 heavy (non-hydrogen) atoms. The third-order valence-corrected chi connectivity index (χ3v) is 5.59. The van der Waals surface area contributed by atoms with Crippen LogP contribution in [0.1, 0.15) is 4.88 Å². The molecule has 0 aromatic carbocycles. The molecule has 0 unspecified atom stereocenters. The number of nitrogens with one attached hydrogen (secondary N) is 2. The van der Waals surface area contributed by atoms with Crippen LogP contribution in [-0.4, -0.2) is 36.3 Å². The van der Waals surface area contributed by atoms with Crippen LogP contribution in [0.4, 0.5) is 5.00 Å². The Morgan fingerprint density at radius 1 is 1.33 bits per heavy atom. The maximum Gasteiger partial charge on any atom is 0.273 e. The molecule has 1 aliphatic rings. The van der Waals surface area contributed by atoms with E-state index in [9.17, 15) is 4.79 Å². The van der Waals surface area contributed by atoms with Crippen molar-refractivity contribution in [2.45, 2.75) is 0 Å². The maximum absolute atomic E-state index is 11.6. The molecule has 0 radical (unpaired) electrons. The number of hydrogen-bond donors (Lipinski definition) is 3. The van der Waals surface area contributed by atoms with Gasteiger partial charge in [-0.1, -0.05) is 0 Å². The number of carbonyl (C=O) groups is 1.